The van der Waals surface area contributed by atoms with Crippen molar-refractivity contribution in [3.63, 3.8) is 0 Å². The summed E-state index contributed by atoms with van der Waals surface area (Å²) in [5.74, 6) is 1.09. The van der Waals surface area contributed by atoms with Crippen molar-refractivity contribution in [1.82, 2.24) is 5.43 Å². The average Bonchev–Trinajstić information content (AvgIpc) is 2.55. The summed E-state index contributed by atoms with van der Waals surface area (Å²) in [5, 5.41) is 12.8. The minimum Gasteiger partial charge on any atom is -0.477 e. The monoisotopic (exact) mass is 192 g/mol. The van der Waals surface area contributed by atoms with E-state index < -0.39 is 5.97 Å². The van der Waals surface area contributed by atoms with E-state index in [1.54, 1.807) is 0 Å². The summed E-state index contributed by atoms with van der Waals surface area (Å²) in [6.45, 7) is 3.79. The lowest BCUT2D eigenvalue weighted by Crippen LogP contribution is -2.31. The first kappa shape index (κ1) is 8.03. The molecular formula is C10H12N2O2. The molecule has 5 atom stereocenters. The molecule has 4 nitrogen and oxygen atoms in total. The molecule has 0 spiro atoms. The summed E-state index contributed by atoms with van der Waals surface area (Å²) < 4.78 is 0. The highest BCUT2D eigenvalue weighted by molar-refractivity contribution is 6.37. The van der Waals surface area contributed by atoms with E-state index in [4.69, 9.17) is 5.11 Å². The molecule has 0 saturated heterocycles. The van der Waals surface area contributed by atoms with Gasteiger partial charge in [-0.1, -0.05) is 6.08 Å². The maximum atomic E-state index is 10.8. The van der Waals surface area contributed by atoms with E-state index in [-0.39, 0.29) is 12.0 Å². The van der Waals surface area contributed by atoms with Gasteiger partial charge in [0, 0.05) is 5.92 Å². The molecule has 0 radical (unpaired) electrons. The summed E-state index contributed by atoms with van der Waals surface area (Å²) >= 11 is 0. The van der Waals surface area contributed by atoms with Crippen molar-refractivity contribution >= 4 is 11.7 Å². The van der Waals surface area contributed by atoms with Crippen LogP contribution in [0.1, 0.15) is 6.42 Å². The number of hydrogen-bond acceptors (Lipinski definition) is 3. The zero-order valence-corrected chi connectivity index (χ0v) is 7.68. The Hall–Kier alpha value is -1.32. The zero-order chi connectivity index (χ0) is 9.87. The van der Waals surface area contributed by atoms with Gasteiger partial charge in [-0.25, -0.2) is 4.79 Å². The first-order chi connectivity index (χ1) is 6.74. The normalized spacial score (nSPS) is 47.4. The molecule has 2 fully saturated rings. The highest BCUT2D eigenvalue weighted by atomic mass is 16.4. The van der Waals surface area contributed by atoms with Gasteiger partial charge in [-0.05, 0) is 24.2 Å². The minimum atomic E-state index is -0.874. The number of carboxylic acid groups (broad SMARTS) is 1. The summed E-state index contributed by atoms with van der Waals surface area (Å²) in [6.07, 6.45) is 2.95. The van der Waals surface area contributed by atoms with E-state index >= 15 is 0 Å². The molecule has 0 bridgehead atoms. The van der Waals surface area contributed by atoms with Crippen molar-refractivity contribution in [2.24, 2.45) is 28.8 Å². The summed E-state index contributed by atoms with van der Waals surface area (Å²) in [7, 11) is 0. The number of rotatable bonds is 2. The number of fused-ring (bicyclic) bond motifs is 3. The Morgan fingerprint density at radius 1 is 1.71 bits per heavy atom. The van der Waals surface area contributed by atoms with Crippen LogP contribution in [0.5, 0.6) is 0 Å². The van der Waals surface area contributed by atoms with Crippen LogP contribution in [0.25, 0.3) is 0 Å². The third-order valence-corrected chi connectivity index (χ3v) is 3.84. The van der Waals surface area contributed by atoms with Gasteiger partial charge in [-0.3, -0.25) is 0 Å². The van der Waals surface area contributed by atoms with Crippen LogP contribution in [0.4, 0.5) is 0 Å². The predicted molar refractivity (Wildman–Crippen MR) is 50.8 cm³/mol. The molecule has 2 saturated carbocycles. The van der Waals surface area contributed by atoms with Gasteiger partial charge in [0.15, 0.2) is 0 Å². The predicted octanol–water partition coefficient (Wildman–Crippen LogP) is 0.467. The molecule has 2 N–H and O–H groups in total. The van der Waals surface area contributed by atoms with E-state index in [1.165, 1.54) is 0 Å². The van der Waals surface area contributed by atoms with Crippen molar-refractivity contribution in [1.29, 1.82) is 0 Å². The first-order valence-electron chi connectivity index (χ1n) is 4.93. The lowest BCUT2D eigenvalue weighted by Gasteiger charge is -2.14. The number of allylic oxidation sites excluding steroid dienone is 1. The number of hydrazone groups is 1. The van der Waals surface area contributed by atoms with E-state index in [1.807, 2.05) is 6.08 Å². The maximum absolute atomic E-state index is 10.8. The Balaban J connectivity index is 1.80. The molecule has 0 amide bonds. The number of carboxylic acids is 1. The van der Waals surface area contributed by atoms with Crippen molar-refractivity contribution in [2.45, 2.75) is 12.5 Å². The minimum absolute atomic E-state index is 0.138. The second-order valence-electron chi connectivity index (χ2n) is 4.35. The van der Waals surface area contributed by atoms with Gasteiger partial charge in [-0.2, -0.15) is 5.10 Å². The highest BCUT2D eigenvalue weighted by Gasteiger charge is 2.63. The molecule has 3 rings (SSSR count). The van der Waals surface area contributed by atoms with Crippen LogP contribution < -0.4 is 5.43 Å². The van der Waals surface area contributed by atoms with Crippen molar-refractivity contribution in [3.8, 4) is 0 Å². The summed E-state index contributed by atoms with van der Waals surface area (Å²) in [6, 6.07) is 0.258. The number of aliphatic carboxylic acids is 1. The largest absolute Gasteiger partial charge is 0.477 e. The smallest absolute Gasteiger partial charge is 0.352 e. The van der Waals surface area contributed by atoms with Gasteiger partial charge in [0.05, 0.1) is 6.04 Å². The molecule has 1 heterocycles. The van der Waals surface area contributed by atoms with Crippen molar-refractivity contribution in [3.05, 3.63) is 12.7 Å². The van der Waals surface area contributed by atoms with Gasteiger partial charge >= 0.3 is 5.97 Å². The second-order valence-corrected chi connectivity index (χ2v) is 4.35. The van der Waals surface area contributed by atoms with Gasteiger partial charge in [0.2, 0.25) is 0 Å². The molecule has 74 valence electrons. The number of nitrogens with zero attached hydrogens (tertiary/aromatic N) is 1. The SMILES string of the molecule is C=C[C@H]1[C@@H]2CC3C(C(=O)O)=NNC3[C@H]12. The Kier molecular flexibility index (Phi) is 1.36. The third-order valence-electron chi connectivity index (χ3n) is 3.84. The van der Waals surface area contributed by atoms with E-state index in [0.29, 0.717) is 23.5 Å². The molecule has 2 unspecified atom stereocenters. The lowest BCUT2D eigenvalue weighted by molar-refractivity contribution is -0.129. The number of nitrogens with one attached hydrogen (secondary N) is 1. The maximum Gasteiger partial charge on any atom is 0.352 e. The van der Waals surface area contributed by atoms with E-state index in [9.17, 15) is 4.79 Å². The Labute approximate surface area is 81.7 Å². The molecule has 14 heavy (non-hydrogen) atoms. The van der Waals surface area contributed by atoms with Gasteiger partial charge in [-0.15, -0.1) is 6.58 Å². The molecule has 0 aromatic rings. The molecule has 0 aromatic carbocycles. The quantitative estimate of drug-likeness (QED) is 0.625. The van der Waals surface area contributed by atoms with Gasteiger partial charge in [0.1, 0.15) is 5.71 Å². The molecule has 3 aliphatic rings. The molecule has 0 aromatic heterocycles. The van der Waals surface area contributed by atoms with Gasteiger partial charge < -0.3 is 10.5 Å². The van der Waals surface area contributed by atoms with Crippen molar-refractivity contribution < 1.29 is 9.90 Å². The second kappa shape index (κ2) is 2.38. The Morgan fingerprint density at radius 3 is 3.14 bits per heavy atom. The van der Waals surface area contributed by atoms with Crippen LogP contribution in [-0.4, -0.2) is 22.8 Å². The van der Waals surface area contributed by atoms with Crippen LogP contribution in [0.2, 0.25) is 0 Å². The van der Waals surface area contributed by atoms with E-state index in [2.05, 4.69) is 17.1 Å². The number of hydrogen-bond donors (Lipinski definition) is 2. The van der Waals surface area contributed by atoms with Crippen LogP contribution in [0.15, 0.2) is 17.8 Å². The fourth-order valence-corrected chi connectivity index (χ4v) is 3.18. The molecular weight excluding hydrogens is 180 g/mol. The van der Waals surface area contributed by atoms with Gasteiger partial charge in [0.25, 0.3) is 0 Å². The molecule has 4 heteroatoms. The Morgan fingerprint density at radius 2 is 2.50 bits per heavy atom. The highest BCUT2D eigenvalue weighted by Crippen LogP contribution is 2.61. The van der Waals surface area contributed by atoms with Crippen LogP contribution >= 0.6 is 0 Å². The topological polar surface area (TPSA) is 61.7 Å². The standard InChI is InChI=1S/C10H12N2O2/c1-2-4-5-3-6-8(7(4)5)11-12-9(6)10(13)14/h2,4-8,11H,1,3H2,(H,13,14)/t4-,5-,6?,7+,8?/m0/s1. The molecule has 2 aliphatic carbocycles. The fraction of sp³-hybridized carbons (Fsp3) is 0.600. The third kappa shape index (κ3) is 0.786. The zero-order valence-electron chi connectivity index (χ0n) is 7.68. The van der Waals surface area contributed by atoms with Crippen LogP contribution in [0.3, 0.4) is 0 Å². The average molecular weight is 192 g/mol. The number of carbonyl (C=O) groups is 1. The first-order valence-corrected chi connectivity index (χ1v) is 4.93. The fourth-order valence-electron chi connectivity index (χ4n) is 3.18. The Bertz CT molecular complexity index is 350. The summed E-state index contributed by atoms with van der Waals surface area (Å²) in [4.78, 5) is 10.8. The van der Waals surface area contributed by atoms with Crippen molar-refractivity contribution in [2.75, 3.05) is 0 Å². The lowest BCUT2D eigenvalue weighted by atomic mass is 9.92. The molecule has 1 aliphatic heterocycles. The summed E-state index contributed by atoms with van der Waals surface area (Å²) in [5.41, 5.74) is 3.29. The van der Waals surface area contributed by atoms with Crippen LogP contribution in [0, 0.1) is 23.7 Å². The van der Waals surface area contributed by atoms with E-state index in [0.717, 1.165) is 6.42 Å². The van der Waals surface area contributed by atoms with Crippen LogP contribution in [-0.2, 0) is 4.79 Å².